The molecule has 0 bridgehead atoms. The molecule has 1 saturated heterocycles. The monoisotopic (exact) mass is 489 g/mol. The Balaban J connectivity index is 1.56. The summed E-state index contributed by atoms with van der Waals surface area (Å²) < 4.78 is 41.5. The van der Waals surface area contributed by atoms with Gasteiger partial charge < -0.3 is 4.57 Å². The van der Waals surface area contributed by atoms with Crippen molar-refractivity contribution in [1.82, 2.24) is 9.88 Å². The molecule has 1 aliphatic heterocycles. The minimum Gasteiger partial charge on any atom is -0.342 e. The standard InChI is InChI=1S/C27H18F3N3O3/c28-27(29,30)19-9-6-10-20(14-19)33-25(35)22(24(34)31-26(33)36)13-18-16-32(15-17-7-2-1-3-8-17)23-12-5-4-11-21(18)23/h1-14,16H,15H2,(H,31,34,36)/b22-13-. The first kappa shape index (κ1) is 23.1. The maximum atomic E-state index is 13.2. The molecule has 0 aliphatic carbocycles. The molecule has 4 amide bonds. The fourth-order valence-electron chi connectivity index (χ4n) is 4.17. The molecule has 0 saturated carbocycles. The van der Waals surface area contributed by atoms with E-state index in [0.717, 1.165) is 28.6 Å². The second-order valence-electron chi connectivity index (χ2n) is 8.22. The summed E-state index contributed by atoms with van der Waals surface area (Å²) in [5, 5.41) is 2.82. The third kappa shape index (κ3) is 4.26. The molecule has 36 heavy (non-hydrogen) atoms. The molecule has 1 N–H and O–H groups in total. The molecule has 180 valence electrons. The highest BCUT2D eigenvalue weighted by atomic mass is 19.4. The Bertz CT molecular complexity index is 1540. The van der Waals surface area contributed by atoms with Gasteiger partial charge in [0.05, 0.1) is 11.3 Å². The van der Waals surface area contributed by atoms with Crippen LogP contribution in [0.2, 0.25) is 0 Å². The number of anilines is 1. The van der Waals surface area contributed by atoms with Gasteiger partial charge >= 0.3 is 12.2 Å². The van der Waals surface area contributed by atoms with Gasteiger partial charge in [-0.2, -0.15) is 13.2 Å². The van der Waals surface area contributed by atoms with Crippen LogP contribution in [0.4, 0.5) is 23.7 Å². The normalized spacial score (nSPS) is 15.6. The Morgan fingerprint density at radius 3 is 2.33 bits per heavy atom. The number of halogens is 3. The quantitative estimate of drug-likeness (QED) is 0.309. The van der Waals surface area contributed by atoms with Crippen molar-refractivity contribution in [2.24, 2.45) is 0 Å². The summed E-state index contributed by atoms with van der Waals surface area (Å²) in [6.07, 6.45) is -1.52. The van der Waals surface area contributed by atoms with Crippen LogP contribution in [-0.4, -0.2) is 22.4 Å². The molecule has 1 aliphatic rings. The molecule has 2 heterocycles. The molecular weight excluding hydrogens is 471 g/mol. The number of aromatic nitrogens is 1. The lowest BCUT2D eigenvalue weighted by Crippen LogP contribution is -2.54. The molecule has 0 unspecified atom stereocenters. The molecule has 0 spiro atoms. The predicted molar refractivity (Wildman–Crippen MR) is 128 cm³/mol. The topological polar surface area (TPSA) is 71.4 Å². The van der Waals surface area contributed by atoms with Crippen LogP contribution in [0.25, 0.3) is 17.0 Å². The second kappa shape index (κ2) is 8.84. The number of hydrogen-bond acceptors (Lipinski definition) is 3. The van der Waals surface area contributed by atoms with Gasteiger partial charge in [0.2, 0.25) is 0 Å². The number of amides is 4. The number of urea groups is 1. The van der Waals surface area contributed by atoms with Crippen molar-refractivity contribution < 1.29 is 27.6 Å². The number of para-hydroxylation sites is 1. The molecule has 1 fully saturated rings. The number of fused-ring (bicyclic) bond motifs is 1. The summed E-state index contributed by atoms with van der Waals surface area (Å²) in [7, 11) is 0. The summed E-state index contributed by atoms with van der Waals surface area (Å²) in [6.45, 7) is 0.541. The Labute approximate surface area is 203 Å². The van der Waals surface area contributed by atoms with E-state index in [1.54, 1.807) is 6.20 Å². The van der Waals surface area contributed by atoms with Crippen LogP contribution in [-0.2, 0) is 22.3 Å². The van der Waals surface area contributed by atoms with Gasteiger partial charge in [0.25, 0.3) is 11.8 Å². The number of carbonyl (C=O) groups is 3. The second-order valence-corrected chi connectivity index (χ2v) is 8.22. The van der Waals surface area contributed by atoms with Gasteiger partial charge in [-0.1, -0.05) is 54.6 Å². The molecule has 0 radical (unpaired) electrons. The smallest absolute Gasteiger partial charge is 0.342 e. The Morgan fingerprint density at radius 2 is 1.58 bits per heavy atom. The first-order chi connectivity index (χ1) is 17.2. The molecule has 5 rings (SSSR count). The van der Waals surface area contributed by atoms with Crippen LogP contribution in [0.5, 0.6) is 0 Å². The van der Waals surface area contributed by atoms with Crippen molar-refractivity contribution in [3.8, 4) is 0 Å². The zero-order valence-electron chi connectivity index (χ0n) is 18.6. The zero-order chi connectivity index (χ0) is 25.4. The summed E-state index contributed by atoms with van der Waals surface area (Å²) in [5.74, 6) is -1.93. The summed E-state index contributed by atoms with van der Waals surface area (Å²) in [6, 6.07) is 19.8. The highest BCUT2D eigenvalue weighted by Crippen LogP contribution is 2.33. The number of imide groups is 2. The van der Waals surface area contributed by atoms with E-state index >= 15 is 0 Å². The minimum absolute atomic E-state index is 0.294. The average molecular weight is 489 g/mol. The molecule has 3 aromatic carbocycles. The highest BCUT2D eigenvalue weighted by Gasteiger charge is 2.38. The van der Waals surface area contributed by atoms with Gasteiger partial charge in [0, 0.05) is 29.2 Å². The van der Waals surface area contributed by atoms with Gasteiger partial charge in [-0.25, -0.2) is 9.69 Å². The number of hydrogen-bond donors (Lipinski definition) is 1. The van der Waals surface area contributed by atoms with E-state index in [0.29, 0.717) is 23.1 Å². The zero-order valence-corrected chi connectivity index (χ0v) is 18.6. The predicted octanol–water partition coefficient (Wildman–Crippen LogP) is 5.37. The fraction of sp³-hybridized carbons (Fsp3) is 0.0741. The van der Waals surface area contributed by atoms with Gasteiger partial charge in [-0.3, -0.25) is 14.9 Å². The summed E-state index contributed by atoms with van der Waals surface area (Å²) in [4.78, 5) is 38.8. The number of benzene rings is 3. The van der Waals surface area contributed by atoms with Gasteiger partial charge in [0.15, 0.2) is 0 Å². The number of barbiturate groups is 1. The van der Waals surface area contributed by atoms with Gasteiger partial charge in [-0.15, -0.1) is 0 Å². The minimum atomic E-state index is -4.67. The third-order valence-electron chi connectivity index (χ3n) is 5.85. The van der Waals surface area contributed by atoms with Crippen molar-refractivity contribution in [2.75, 3.05) is 4.90 Å². The van der Waals surface area contributed by atoms with Crippen LogP contribution < -0.4 is 10.2 Å². The number of nitrogens with zero attached hydrogens (tertiary/aromatic N) is 2. The van der Waals surface area contributed by atoms with E-state index < -0.39 is 29.6 Å². The Morgan fingerprint density at radius 1 is 0.861 bits per heavy atom. The van der Waals surface area contributed by atoms with E-state index in [9.17, 15) is 27.6 Å². The van der Waals surface area contributed by atoms with Crippen molar-refractivity contribution in [1.29, 1.82) is 0 Å². The first-order valence-electron chi connectivity index (χ1n) is 10.9. The number of carbonyl (C=O) groups excluding carboxylic acids is 3. The lowest BCUT2D eigenvalue weighted by atomic mass is 10.1. The first-order valence-corrected chi connectivity index (χ1v) is 10.9. The molecular formula is C27H18F3N3O3. The van der Waals surface area contributed by atoms with Crippen molar-refractivity contribution in [3.63, 3.8) is 0 Å². The average Bonchev–Trinajstić information content (AvgIpc) is 3.19. The van der Waals surface area contributed by atoms with E-state index in [1.807, 2.05) is 59.2 Å². The van der Waals surface area contributed by atoms with Crippen LogP contribution in [0.1, 0.15) is 16.7 Å². The summed E-state index contributed by atoms with van der Waals surface area (Å²) >= 11 is 0. The molecule has 9 heteroatoms. The molecule has 4 aromatic rings. The third-order valence-corrected chi connectivity index (χ3v) is 5.85. The van der Waals surface area contributed by atoms with Crippen LogP contribution in [0, 0.1) is 0 Å². The van der Waals surface area contributed by atoms with Crippen molar-refractivity contribution in [2.45, 2.75) is 12.7 Å². The maximum Gasteiger partial charge on any atom is 0.416 e. The van der Waals surface area contributed by atoms with Crippen LogP contribution in [0.15, 0.2) is 90.6 Å². The van der Waals surface area contributed by atoms with E-state index in [2.05, 4.69) is 5.32 Å². The molecule has 1 aromatic heterocycles. The van der Waals surface area contributed by atoms with E-state index in [-0.39, 0.29) is 11.3 Å². The lowest BCUT2D eigenvalue weighted by Gasteiger charge is -2.26. The largest absolute Gasteiger partial charge is 0.416 e. The number of rotatable bonds is 4. The van der Waals surface area contributed by atoms with Gasteiger partial charge in [0.1, 0.15) is 5.57 Å². The lowest BCUT2D eigenvalue weighted by molar-refractivity contribution is -0.137. The van der Waals surface area contributed by atoms with Crippen LogP contribution in [0.3, 0.4) is 0 Å². The maximum absolute atomic E-state index is 13.2. The number of nitrogens with one attached hydrogen (secondary N) is 1. The SMILES string of the molecule is O=C1NC(=O)N(c2cccc(C(F)(F)F)c2)C(=O)/C1=C\c1cn(Cc2ccccc2)c2ccccc12. The van der Waals surface area contributed by atoms with E-state index in [4.69, 9.17) is 0 Å². The fourth-order valence-corrected chi connectivity index (χ4v) is 4.17. The Kier molecular flexibility index (Phi) is 5.68. The van der Waals surface area contributed by atoms with E-state index in [1.165, 1.54) is 12.1 Å². The van der Waals surface area contributed by atoms with Crippen molar-refractivity contribution >= 4 is 40.5 Å². The van der Waals surface area contributed by atoms with Crippen molar-refractivity contribution in [3.05, 3.63) is 107 Å². The molecule has 6 nitrogen and oxygen atoms in total. The Hall–Kier alpha value is -4.66. The number of alkyl halides is 3. The summed E-state index contributed by atoms with van der Waals surface area (Å²) in [5.41, 5.74) is 0.783. The molecule has 0 atom stereocenters. The van der Waals surface area contributed by atoms with Crippen LogP contribution >= 0.6 is 0 Å². The van der Waals surface area contributed by atoms with Gasteiger partial charge in [-0.05, 0) is 35.9 Å². The highest BCUT2D eigenvalue weighted by molar-refractivity contribution is 6.39.